The Morgan fingerprint density at radius 2 is 2.20 bits per heavy atom. The Morgan fingerprint density at radius 1 is 1.45 bits per heavy atom. The van der Waals surface area contributed by atoms with Gasteiger partial charge < -0.3 is 9.64 Å². The van der Waals surface area contributed by atoms with Gasteiger partial charge in [-0.1, -0.05) is 0 Å². The van der Waals surface area contributed by atoms with E-state index in [2.05, 4.69) is 0 Å². The molecule has 5 heteroatoms. The number of halogens is 1. The molecule has 0 saturated carbocycles. The number of fused-ring (bicyclic) bond motifs is 1. The van der Waals surface area contributed by atoms with Crippen molar-refractivity contribution in [2.75, 3.05) is 25.2 Å². The summed E-state index contributed by atoms with van der Waals surface area (Å²) in [6.45, 7) is 2.42. The zero-order valence-electron chi connectivity index (χ0n) is 11.7. The fraction of sp³-hybridized carbons (Fsp3) is 0.467. The van der Waals surface area contributed by atoms with Crippen molar-refractivity contribution in [1.29, 1.82) is 0 Å². The van der Waals surface area contributed by atoms with Crippen LogP contribution in [0.25, 0.3) is 0 Å². The highest BCUT2D eigenvalue weighted by atomic mass is 35.5. The van der Waals surface area contributed by atoms with Crippen LogP contribution in [0, 0.1) is 0 Å². The number of nitrogens with zero attached hydrogens (tertiary/aromatic N) is 1. The zero-order valence-corrected chi connectivity index (χ0v) is 12.4. The summed E-state index contributed by atoms with van der Waals surface area (Å²) in [4.78, 5) is 25.6. The lowest BCUT2D eigenvalue weighted by Crippen LogP contribution is -2.37. The summed E-state index contributed by atoms with van der Waals surface area (Å²) in [6, 6.07) is 5.41. The molecule has 20 heavy (non-hydrogen) atoms. The third-order valence-electron chi connectivity index (χ3n) is 3.41. The first kappa shape index (κ1) is 15.0. The Hall–Kier alpha value is -1.39. The Balaban J connectivity index is 2.30. The van der Waals surface area contributed by atoms with E-state index in [9.17, 15) is 9.59 Å². The van der Waals surface area contributed by atoms with Crippen LogP contribution in [0.15, 0.2) is 18.2 Å². The number of hydrogen-bond donors (Lipinski definition) is 0. The largest absolute Gasteiger partial charge is 0.375 e. The average molecular weight is 296 g/mol. The van der Waals surface area contributed by atoms with Gasteiger partial charge in [-0.25, -0.2) is 0 Å². The van der Waals surface area contributed by atoms with Crippen molar-refractivity contribution in [2.24, 2.45) is 0 Å². The molecule has 1 aromatic carbocycles. The molecule has 0 N–H and O–H groups in total. The summed E-state index contributed by atoms with van der Waals surface area (Å²) in [5.41, 5.74) is 2.49. The molecule has 1 aliphatic rings. The highest BCUT2D eigenvalue weighted by Crippen LogP contribution is 2.28. The summed E-state index contributed by atoms with van der Waals surface area (Å²) in [5, 5.41) is -0.539. The van der Waals surface area contributed by atoms with E-state index < -0.39 is 5.38 Å². The molecule has 1 amide bonds. The SMILES string of the molecule is COCC(=O)N1CCCc2cc(C(=O)C(C)Cl)ccc21. The van der Waals surface area contributed by atoms with E-state index in [0.717, 1.165) is 24.1 Å². The Labute approximate surface area is 123 Å². The molecule has 1 unspecified atom stereocenters. The second-order valence-electron chi connectivity index (χ2n) is 4.91. The molecule has 1 aromatic rings. The van der Waals surface area contributed by atoms with Crippen LogP contribution in [-0.2, 0) is 16.0 Å². The summed E-state index contributed by atoms with van der Waals surface area (Å²) >= 11 is 5.84. The van der Waals surface area contributed by atoms with Gasteiger partial charge in [-0.3, -0.25) is 9.59 Å². The quantitative estimate of drug-likeness (QED) is 0.633. The smallest absolute Gasteiger partial charge is 0.252 e. The summed E-state index contributed by atoms with van der Waals surface area (Å²) < 4.78 is 4.90. The highest BCUT2D eigenvalue weighted by Gasteiger charge is 2.23. The maximum Gasteiger partial charge on any atom is 0.252 e. The first-order valence-electron chi connectivity index (χ1n) is 6.65. The van der Waals surface area contributed by atoms with Crippen molar-refractivity contribution in [3.63, 3.8) is 0 Å². The second-order valence-corrected chi connectivity index (χ2v) is 5.56. The fourth-order valence-corrected chi connectivity index (χ4v) is 2.57. The molecule has 1 atom stereocenters. The number of carbonyl (C=O) groups excluding carboxylic acids is 2. The van der Waals surface area contributed by atoms with E-state index in [1.807, 2.05) is 12.1 Å². The van der Waals surface area contributed by atoms with Crippen LogP contribution in [0.5, 0.6) is 0 Å². The van der Waals surface area contributed by atoms with Gasteiger partial charge in [0.05, 0.1) is 5.38 Å². The number of benzene rings is 1. The van der Waals surface area contributed by atoms with Crippen molar-refractivity contribution >= 4 is 29.0 Å². The molecular weight excluding hydrogens is 278 g/mol. The van der Waals surface area contributed by atoms with E-state index >= 15 is 0 Å². The zero-order chi connectivity index (χ0) is 14.7. The lowest BCUT2D eigenvalue weighted by Gasteiger charge is -2.29. The molecule has 0 spiro atoms. The number of carbonyl (C=O) groups is 2. The molecule has 1 heterocycles. The minimum Gasteiger partial charge on any atom is -0.375 e. The van der Waals surface area contributed by atoms with Gasteiger partial charge in [-0.05, 0) is 43.5 Å². The van der Waals surface area contributed by atoms with Gasteiger partial charge in [0, 0.05) is 24.9 Å². The van der Waals surface area contributed by atoms with Gasteiger partial charge in [0.15, 0.2) is 5.78 Å². The summed E-state index contributed by atoms with van der Waals surface area (Å²) in [7, 11) is 1.51. The molecule has 4 nitrogen and oxygen atoms in total. The number of rotatable bonds is 4. The minimum absolute atomic E-state index is 0.0572. The van der Waals surface area contributed by atoms with Crippen molar-refractivity contribution in [3.8, 4) is 0 Å². The fourth-order valence-electron chi connectivity index (χ4n) is 2.44. The van der Waals surface area contributed by atoms with Crippen LogP contribution >= 0.6 is 11.6 Å². The molecule has 0 saturated heterocycles. The maximum atomic E-state index is 12.0. The molecule has 0 aromatic heterocycles. The van der Waals surface area contributed by atoms with Gasteiger partial charge in [0.25, 0.3) is 5.91 Å². The van der Waals surface area contributed by atoms with Gasteiger partial charge in [-0.15, -0.1) is 11.6 Å². The summed E-state index contributed by atoms with van der Waals surface area (Å²) in [6.07, 6.45) is 1.75. The van der Waals surface area contributed by atoms with Crippen LogP contribution in [0.1, 0.15) is 29.3 Å². The van der Waals surface area contributed by atoms with E-state index in [-0.39, 0.29) is 18.3 Å². The van der Waals surface area contributed by atoms with Crippen LogP contribution in [0.2, 0.25) is 0 Å². The number of alkyl halides is 1. The van der Waals surface area contributed by atoms with Crippen molar-refractivity contribution in [3.05, 3.63) is 29.3 Å². The number of amides is 1. The molecule has 0 aliphatic carbocycles. The first-order chi connectivity index (χ1) is 9.54. The lowest BCUT2D eigenvalue weighted by molar-refractivity contribution is -0.122. The first-order valence-corrected chi connectivity index (χ1v) is 7.08. The van der Waals surface area contributed by atoms with Crippen molar-refractivity contribution < 1.29 is 14.3 Å². The van der Waals surface area contributed by atoms with E-state index in [1.54, 1.807) is 17.9 Å². The third-order valence-corrected chi connectivity index (χ3v) is 3.61. The monoisotopic (exact) mass is 295 g/mol. The Bertz CT molecular complexity index is 528. The molecule has 1 aliphatic heterocycles. The van der Waals surface area contributed by atoms with Crippen LogP contribution in [0.4, 0.5) is 5.69 Å². The van der Waals surface area contributed by atoms with Gasteiger partial charge in [-0.2, -0.15) is 0 Å². The van der Waals surface area contributed by atoms with Crippen LogP contribution in [-0.4, -0.2) is 37.3 Å². The number of methoxy groups -OCH3 is 1. The molecule has 0 radical (unpaired) electrons. The molecular formula is C15H18ClNO3. The molecule has 2 rings (SSSR count). The van der Waals surface area contributed by atoms with Crippen LogP contribution < -0.4 is 4.90 Å². The number of ether oxygens (including phenoxy) is 1. The van der Waals surface area contributed by atoms with Gasteiger partial charge in [0.1, 0.15) is 6.61 Å². The number of Topliss-reactive ketones (excluding diaryl/α,β-unsaturated/α-hetero) is 1. The number of aryl methyl sites for hydroxylation is 1. The predicted molar refractivity (Wildman–Crippen MR) is 78.6 cm³/mol. The van der Waals surface area contributed by atoms with Crippen molar-refractivity contribution in [2.45, 2.75) is 25.1 Å². The van der Waals surface area contributed by atoms with E-state index in [4.69, 9.17) is 16.3 Å². The number of anilines is 1. The second kappa shape index (κ2) is 6.37. The topological polar surface area (TPSA) is 46.6 Å². The molecule has 0 bridgehead atoms. The Morgan fingerprint density at radius 3 is 2.85 bits per heavy atom. The van der Waals surface area contributed by atoms with E-state index in [0.29, 0.717) is 12.1 Å². The van der Waals surface area contributed by atoms with Gasteiger partial charge in [0.2, 0.25) is 0 Å². The number of ketones is 1. The standard InChI is InChI=1S/C15H18ClNO3/c1-10(16)15(19)12-5-6-13-11(8-12)4-3-7-17(13)14(18)9-20-2/h5-6,8,10H,3-4,7,9H2,1-2H3. The lowest BCUT2D eigenvalue weighted by atomic mass is 9.97. The predicted octanol–water partition coefficient (Wildman–Crippen LogP) is 2.42. The number of hydrogen-bond acceptors (Lipinski definition) is 3. The highest BCUT2D eigenvalue weighted by molar-refractivity contribution is 6.33. The van der Waals surface area contributed by atoms with Crippen molar-refractivity contribution in [1.82, 2.24) is 0 Å². The maximum absolute atomic E-state index is 12.0. The molecule has 0 fully saturated rings. The van der Waals surface area contributed by atoms with E-state index in [1.165, 1.54) is 7.11 Å². The Kier molecular flexibility index (Phi) is 4.78. The normalized spacial score (nSPS) is 15.7. The van der Waals surface area contributed by atoms with Crippen LogP contribution in [0.3, 0.4) is 0 Å². The minimum atomic E-state index is -0.539. The molecule has 108 valence electrons. The van der Waals surface area contributed by atoms with Gasteiger partial charge >= 0.3 is 0 Å². The summed E-state index contributed by atoms with van der Waals surface area (Å²) in [5.74, 6) is -0.145. The third kappa shape index (κ3) is 3.02. The average Bonchev–Trinajstić information content (AvgIpc) is 2.45.